The van der Waals surface area contributed by atoms with Crippen molar-refractivity contribution in [3.63, 3.8) is 0 Å². The third-order valence-corrected chi connectivity index (χ3v) is 4.44. The predicted molar refractivity (Wildman–Crippen MR) is 108 cm³/mol. The number of anilines is 2. The highest BCUT2D eigenvalue weighted by molar-refractivity contribution is 5.62. The van der Waals surface area contributed by atoms with E-state index in [1.54, 1.807) is 20.0 Å². The van der Waals surface area contributed by atoms with E-state index in [0.717, 1.165) is 24.4 Å². The third kappa shape index (κ3) is 4.94. The minimum atomic E-state index is -4.70. The zero-order valence-electron chi connectivity index (χ0n) is 17.4. The van der Waals surface area contributed by atoms with E-state index in [0.29, 0.717) is 11.4 Å². The van der Waals surface area contributed by atoms with Crippen LogP contribution in [0.25, 0.3) is 23.0 Å². The van der Waals surface area contributed by atoms with E-state index in [-0.39, 0.29) is 29.0 Å². The summed E-state index contributed by atoms with van der Waals surface area (Å²) in [5.74, 6) is -0.403. The zero-order valence-corrected chi connectivity index (χ0v) is 17.4. The lowest BCUT2D eigenvalue weighted by atomic mass is 10.2. The van der Waals surface area contributed by atoms with Gasteiger partial charge in [0.25, 0.3) is 0 Å². The fourth-order valence-electron chi connectivity index (χ4n) is 2.99. The summed E-state index contributed by atoms with van der Waals surface area (Å²) in [6.45, 7) is 1.72. The second kappa shape index (κ2) is 8.35. The second-order valence-electron chi connectivity index (χ2n) is 7.06. The molecule has 1 N–H and O–H groups in total. The van der Waals surface area contributed by atoms with Crippen molar-refractivity contribution in [2.75, 3.05) is 5.32 Å². The molecule has 4 heterocycles. The second-order valence-corrected chi connectivity index (χ2v) is 7.06. The summed E-state index contributed by atoms with van der Waals surface area (Å²) >= 11 is 0. The van der Waals surface area contributed by atoms with E-state index in [1.165, 1.54) is 16.8 Å². The molecule has 0 aliphatic rings. The summed E-state index contributed by atoms with van der Waals surface area (Å²) in [4.78, 5) is 19.4. The summed E-state index contributed by atoms with van der Waals surface area (Å²) in [6.07, 6.45) is -8.43. The molecule has 176 valence electrons. The van der Waals surface area contributed by atoms with E-state index < -0.39 is 23.7 Å². The quantitative estimate of drug-likeness (QED) is 0.419. The normalized spacial score (nSPS) is 12.1. The van der Waals surface area contributed by atoms with Gasteiger partial charge in [-0.2, -0.15) is 41.4 Å². The van der Waals surface area contributed by atoms with Gasteiger partial charge >= 0.3 is 12.4 Å². The largest absolute Gasteiger partial charge is 0.433 e. The minimum Gasteiger partial charge on any atom is -0.324 e. The highest BCUT2D eigenvalue weighted by Gasteiger charge is 2.33. The maximum absolute atomic E-state index is 13.1. The summed E-state index contributed by atoms with van der Waals surface area (Å²) in [5.41, 5.74) is -1.51. The molecule has 0 aliphatic carbocycles. The molecule has 0 unspecified atom stereocenters. The van der Waals surface area contributed by atoms with Gasteiger partial charge in [-0.3, -0.25) is 9.67 Å². The molecule has 0 saturated heterocycles. The lowest BCUT2D eigenvalue weighted by Gasteiger charge is -2.11. The van der Waals surface area contributed by atoms with E-state index in [9.17, 15) is 26.3 Å². The van der Waals surface area contributed by atoms with Crippen LogP contribution in [0.5, 0.6) is 0 Å². The Morgan fingerprint density at radius 2 is 1.53 bits per heavy atom. The van der Waals surface area contributed by atoms with E-state index in [1.807, 2.05) is 0 Å². The van der Waals surface area contributed by atoms with Crippen molar-refractivity contribution in [1.82, 2.24) is 34.7 Å². The smallest absolute Gasteiger partial charge is 0.324 e. The van der Waals surface area contributed by atoms with Crippen LogP contribution in [-0.2, 0) is 19.4 Å². The maximum atomic E-state index is 13.1. The van der Waals surface area contributed by atoms with E-state index in [4.69, 9.17) is 0 Å². The van der Waals surface area contributed by atoms with Crippen LogP contribution >= 0.6 is 0 Å². The molecule has 4 aromatic heterocycles. The lowest BCUT2D eigenvalue weighted by molar-refractivity contribution is -0.141. The molecule has 14 heteroatoms. The van der Waals surface area contributed by atoms with Crippen LogP contribution in [0.1, 0.15) is 17.1 Å². The van der Waals surface area contributed by atoms with E-state index >= 15 is 0 Å². The first-order chi connectivity index (χ1) is 15.9. The minimum absolute atomic E-state index is 0.0277. The SMILES string of the molecule is Cc1cc(-c2nc(Nc3ccnc(C(F)(F)F)c3)nc(-c3cccc(C(F)(F)F)n3)n2)n(C)n1. The number of alkyl halides is 6. The van der Waals surface area contributed by atoms with Crippen molar-refractivity contribution in [1.29, 1.82) is 0 Å². The van der Waals surface area contributed by atoms with Gasteiger partial charge in [0, 0.05) is 18.9 Å². The lowest BCUT2D eigenvalue weighted by Crippen LogP contribution is -2.10. The van der Waals surface area contributed by atoms with Crippen molar-refractivity contribution >= 4 is 11.6 Å². The van der Waals surface area contributed by atoms with Gasteiger partial charge in [0.1, 0.15) is 22.8 Å². The van der Waals surface area contributed by atoms with Crippen LogP contribution < -0.4 is 5.32 Å². The number of halogens is 6. The molecule has 4 rings (SSSR count). The fourth-order valence-corrected chi connectivity index (χ4v) is 2.99. The van der Waals surface area contributed by atoms with Crippen LogP contribution in [0.2, 0.25) is 0 Å². The average molecular weight is 480 g/mol. The van der Waals surface area contributed by atoms with Crippen molar-refractivity contribution < 1.29 is 26.3 Å². The number of aryl methyl sites for hydroxylation is 2. The summed E-state index contributed by atoms with van der Waals surface area (Å²) < 4.78 is 79.9. The Kier molecular flexibility index (Phi) is 5.67. The highest BCUT2D eigenvalue weighted by atomic mass is 19.4. The zero-order chi connectivity index (χ0) is 24.7. The molecular weight excluding hydrogens is 466 g/mol. The number of hydrogen-bond acceptors (Lipinski definition) is 7. The number of aromatic nitrogens is 7. The van der Waals surface area contributed by atoms with Crippen molar-refractivity contribution in [2.45, 2.75) is 19.3 Å². The molecule has 0 amide bonds. The predicted octanol–water partition coefficient (Wildman–Crippen LogP) is 4.82. The topological polar surface area (TPSA) is 94.3 Å². The monoisotopic (exact) mass is 480 g/mol. The fraction of sp³-hybridized carbons (Fsp3) is 0.200. The summed E-state index contributed by atoms with van der Waals surface area (Å²) in [6, 6.07) is 6.87. The molecule has 0 aliphatic heterocycles. The van der Waals surface area contributed by atoms with Crippen molar-refractivity contribution in [3.05, 3.63) is 59.7 Å². The molecule has 0 atom stereocenters. The van der Waals surface area contributed by atoms with E-state index in [2.05, 4.69) is 35.3 Å². The highest BCUT2D eigenvalue weighted by Crippen LogP contribution is 2.31. The molecule has 4 aromatic rings. The number of nitrogens with zero attached hydrogens (tertiary/aromatic N) is 7. The molecular formula is C20H14F6N8. The number of nitrogens with one attached hydrogen (secondary N) is 1. The van der Waals surface area contributed by atoms with Crippen LogP contribution in [0.15, 0.2) is 42.6 Å². The maximum Gasteiger partial charge on any atom is 0.433 e. The molecule has 0 bridgehead atoms. The van der Waals surface area contributed by atoms with Gasteiger partial charge in [0.2, 0.25) is 5.95 Å². The van der Waals surface area contributed by atoms with Crippen LogP contribution in [-0.4, -0.2) is 34.7 Å². The Balaban J connectivity index is 1.83. The first kappa shape index (κ1) is 23.1. The molecule has 0 aromatic carbocycles. The molecule has 0 saturated carbocycles. The molecule has 0 radical (unpaired) electrons. The standard InChI is InChI=1S/C20H14F6N8/c1-10-8-13(34(2)33-10)17-30-16(12-4-3-5-14(29-12)19(21,22)23)31-18(32-17)28-11-6-7-27-15(9-11)20(24,25)26/h3-9H,1-2H3,(H,27,28,30,31,32). The molecule has 0 spiro atoms. The van der Waals surface area contributed by atoms with Crippen LogP contribution in [0, 0.1) is 6.92 Å². The number of hydrogen-bond donors (Lipinski definition) is 1. The molecule has 0 fully saturated rings. The Hall–Kier alpha value is -4.10. The van der Waals surface area contributed by atoms with Gasteiger partial charge in [-0.25, -0.2) is 9.97 Å². The third-order valence-electron chi connectivity index (χ3n) is 4.44. The van der Waals surface area contributed by atoms with Crippen LogP contribution in [0.4, 0.5) is 38.0 Å². The Bertz CT molecular complexity index is 1350. The van der Waals surface area contributed by atoms with Crippen LogP contribution in [0.3, 0.4) is 0 Å². The van der Waals surface area contributed by atoms with Gasteiger partial charge in [-0.1, -0.05) is 6.07 Å². The Morgan fingerprint density at radius 1 is 0.824 bits per heavy atom. The van der Waals surface area contributed by atoms with Crippen molar-refractivity contribution in [2.24, 2.45) is 7.05 Å². The first-order valence-electron chi connectivity index (χ1n) is 9.52. The number of rotatable bonds is 4. The molecule has 34 heavy (non-hydrogen) atoms. The Morgan fingerprint density at radius 3 is 2.18 bits per heavy atom. The first-order valence-corrected chi connectivity index (χ1v) is 9.52. The Labute approximate surface area is 187 Å². The van der Waals surface area contributed by atoms with Gasteiger partial charge in [0.05, 0.1) is 5.69 Å². The van der Waals surface area contributed by atoms with Gasteiger partial charge < -0.3 is 5.32 Å². The summed E-state index contributed by atoms with van der Waals surface area (Å²) in [5, 5.41) is 6.81. The van der Waals surface area contributed by atoms with Gasteiger partial charge in [0.15, 0.2) is 11.6 Å². The average Bonchev–Trinajstić information content (AvgIpc) is 3.10. The van der Waals surface area contributed by atoms with Gasteiger partial charge in [-0.05, 0) is 37.3 Å². The van der Waals surface area contributed by atoms with Crippen molar-refractivity contribution in [3.8, 4) is 23.0 Å². The van der Waals surface area contributed by atoms with Gasteiger partial charge in [-0.15, -0.1) is 0 Å². The number of pyridine rings is 2. The summed E-state index contributed by atoms with van der Waals surface area (Å²) in [7, 11) is 1.61. The molecule has 8 nitrogen and oxygen atoms in total.